The zero-order valence-electron chi connectivity index (χ0n) is 13.9. The van der Waals surface area contributed by atoms with Crippen LogP contribution < -0.4 is 0 Å². The second-order valence-corrected chi connectivity index (χ2v) is 7.89. The first-order valence-electron chi connectivity index (χ1n) is 8.60. The molecule has 1 amide bonds. The van der Waals surface area contributed by atoms with Gasteiger partial charge < -0.3 is 4.90 Å². The molecule has 2 aromatic carbocycles. The molecule has 6 heteroatoms. The summed E-state index contributed by atoms with van der Waals surface area (Å²) in [7, 11) is 0. The van der Waals surface area contributed by atoms with Gasteiger partial charge in [-0.25, -0.2) is 0 Å². The van der Waals surface area contributed by atoms with Gasteiger partial charge in [0.1, 0.15) is 5.37 Å². The van der Waals surface area contributed by atoms with E-state index in [1.807, 2.05) is 30.3 Å². The number of alkyl halides is 3. The number of carbonyl (C=O) groups is 1. The molecule has 1 saturated carbocycles. The van der Waals surface area contributed by atoms with Crippen molar-refractivity contribution in [1.29, 1.82) is 0 Å². The standard InChI is InChI=1S/C20H18F3NOS/c21-20(22,23)17-9-5-4-8-14(17)19-24(10-11-26-19)18(25)16-12-15(16)13-6-2-1-3-7-13/h1-9,15-16,19H,10-12H2. The highest BCUT2D eigenvalue weighted by atomic mass is 32.2. The Hall–Kier alpha value is -1.95. The highest BCUT2D eigenvalue weighted by molar-refractivity contribution is 7.99. The summed E-state index contributed by atoms with van der Waals surface area (Å²) in [4.78, 5) is 14.6. The average molecular weight is 377 g/mol. The van der Waals surface area contributed by atoms with E-state index in [-0.39, 0.29) is 23.3 Å². The number of amides is 1. The minimum absolute atomic E-state index is 0.0224. The molecule has 26 heavy (non-hydrogen) atoms. The molecule has 2 aliphatic rings. The molecule has 1 heterocycles. The van der Waals surface area contributed by atoms with Crippen LogP contribution in [0.1, 0.15) is 34.4 Å². The molecule has 0 spiro atoms. The van der Waals surface area contributed by atoms with Gasteiger partial charge in [-0.3, -0.25) is 4.79 Å². The van der Waals surface area contributed by atoms with Crippen molar-refractivity contribution in [3.8, 4) is 0 Å². The van der Waals surface area contributed by atoms with Crippen molar-refractivity contribution in [3.63, 3.8) is 0 Å². The Morgan fingerprint density at radius 2 is 1.73 bits per heavy atom. The smallest absolute Gasteiger partial charge is 0.325 e. The fourth-order valence-electron chi connectivity index (χ4n) is 3.67. The summed E-state index contributed by atoms with van der Waals surface area (Å²) in [6, 6.07) is 15.4. The predicted octanol–water partition coefficient (Wildman–Crippen LogP) is 5.08. The van der Waals surface area contributed by atoms with Gasteiger partial charge in [0.05, 0.1) is 5.56 Å². The maximum Gasteiger partial charge on any atom is 0.416 e. The molecule has 0 radical (unpaired) electrons. The topological polar surface area (TPSA) is 20.3 Å². The predicted molar refractivity (Wildman–Crippen MR) is 95.6 cm³/mol. The van der Waals surface area contributed by atoms with E-state index >= 15 is 0 Å². The van der Waals surface area contributed by atoms with Crippen molar-refractivity contribution in [1.82, 2.24) is 4.90 Å². The van der Waals surface area contributed by atoms with Crippen molar-refractivity contribution in [2.45, 2.75) is 23.9 Å². The van der Waals surface area contributed by atoms with Gasteiger partial charge in [-0.05, 0) is 29.5 Å². The molecule has 3 atom stereocenters. The average Bonchev–Trinajstić information content (AvgIpc) is 3.29. The lowest BCUT2D eigenvalue weighted by molar-refractivity contribution is -0.140. The van der Waals surface area contributed by atoms with Crippen LogP contribution in [0.2, 0.25) is 0 Å². The van der Waals surface area contributed by atoms with Gasteiger partial charge >= 0.3 is 6.18 Å². The number of nitrogens with zero attached hydrogens (tertiary/aromatic N) is 1. The molecule has 1 aliphatic heterocycles. The van der Waals surface area contributed by atoms with Crippen LogP contribution in [-0.2, 0) is 11.0 Å². The third-order valence-electron chi connectivity index (χ3n) is 5.04. The Bertz CT molecular complexity index is 808. The lowest BCUT2D eigenvalue weighted by Gasteiger charge is -2.26. The molecule has 0 N–H and O–H groups in total. The molecule has 3 unspecified atom stereocenters. The number of benzene rings is 2. The van der Waals surface area contributed by atoms with Crippen LogP contribution in [0.15, 0.2) is 54.6 Å². The minimum atomic E-state index is -4.42. The van der Waals surface area contributed by atoms with E-state index in [9.17, 15) is 18.0 Å². The highest BCUT2D eigenvalue weighted by Gasteiger charge is 2.48. The maximum absolute atomic E-state index is 13.4. The Balaban J connectivity index is 1.56. The molecular weight excluding hydrogens is 359 g/mol. The van der Waals surface area contributed by atoms with E-state index < -0.39 is 17.1 Å². The molecule has 2 fully saturated rings. The van der Waals surface area contributed by atoms with Crippen LogP contribution in [0, 0.1) is 5.92 Å². The minimum Gasteiger partial charge on any atom is -0.325 e. The molecule has 1 aliphatic carbocycles. The van der Waals surface area contributed by atoms with Crippen LogP contribution in [0.25, 0.3) is 0 Å². The van der Waals surface area contributed by atoms with E-state index in [0.717, 1.165) is 18.1 Å². The van der Waals surface area contributed by atoms with Crippen molar-refractivity contribution in [2.75, 3.05) is 12.3 Å². The summed E-state index contributed by atoms with van der Waals surface area (Å²) in [5.74, 6) is 0.709. The quantitative estimate of drug-likeness (QED) is 0.743. The van der Waals surface area contributed by atoms with Crippen LogP contribution in [0.4, 0.5) is 13.2 Å². The zero-order chi connectivity index (χ0) is 18.3. The molecular formula is C20H18F3NOS. The summed E-state index contributed by atoms with van der Waals surface area (Å²) in [6.45, 7) is 0.498. The largest absolute Gasteiger partial charge is 0.416 e. The van der Waals surface area contributed by atoms with Crippen molar-refractivity contribution in [3.05, 3.63) is 71.3 Å². The number of hydrogen-bond donors (Lipinski definition) is 0. The molecule has 136 valence electrons. The van der Waals surface area contributed by atoms with Crippen LogP contribution in [0.3, 0.4) is 0 Å². The van der Waals surface area contributed by atoms with E-state index in [2.05, 4.69) is 0 Å². The highest BCUT2D eigenvalue weighted by Crippen LogP contribution is 2.51. The molecule has 4 rings (SSSR count). The van der Waals surface area contributed by atoms with Gasteiger partial charge in [0.15, 0.2) is 0 Å². The molecule has 1 saturated heterocycles. The monoisotopic (exact) mass is 377 g/mol. The number of rotatable bonds is 3. The van der Waals surface area contributed by atoms with Gasteiger partial charge in [0.2, 0.25) is 5.91 Å². The fraction of sp³-hybridized carbons (Fsp3) is 0.350. The van der Waals surface area contributed by atoms with Gasteiger partial charge in [-0.2, -0.15) is 13.2 Å². The number of thioether (sulfide) groups is 1. The molecule has 0 bridgehead atoms. The third kappa shape index (κ3) is 3.22. The van der Waals surface area contributed by atoms with Crippen LogP contribution in [-0.4, -0.2) is 23.1 Å². The van der Waals surface area contributed by atoms with Gasteiger partial charge in [-0.15, -0.1) is 11.8 Å². The zero-order valence-corrected chi connectivity index (χ0v) is 14.8. The Labute approximate surface area is 154 Å². The first-order valence-corrected chi connectivity index (χ1v) is 9.65. The third-order valence-corrected chi connectivity index (χ3v) is 6.28. The summed E-state index contributed by atoms with van der Waals surface area (Å²) in [6.07, 6.45) is -3.64. The first-order chi connectivity index (χ1) is 12.5. The number of hydrogen-bond acceptors (Lipinski definition) is 2. The van der Waals surface area contributed by atoms with Gasteiger partial charge in [0, 0.05) is 18.2 Å². The number of halogens is 3. The summed E-state index contributed by atoms with van der Waals surface area (Å²) in [5, 5.41) is -0.558. The Morgan fingerprint density at radius 3 is 2.46 bits per heavy atom. The SMILES string of the molecule is O=C(C1CC1c1ccccc1)N1CCSC1c1ccccc1C(F)(F)F. The van der Waals surface area contributed by atoms with E-state index in [0.29, 0.717) is 12.3 Å². The lowest BCUT2D eigenvalue weighted by atomic mass is 10.1. The fourth-order valence-corrected chi connectivity index (χ4v) is 4.97. The molecule has 2 nitrogen and oxygen atoms in total. The van der Waals surface area contributed by atoms with Crippen molar-refractivity contribution < 1.29 is 18.0 Å². The second kappa shape index (κ2) is 6.65. The van der Waals surface area contributed by atoms with Crippen LogP contribution >= 0.6 is 11.8 Å². The van der Waals surface area contributed by atoms with Crippen LogP contribution in [0.5, 0.6) is 0 Å². The molecule has 0 aromatic heterocycles. The summed E-state index contributed by atoms with van der Waals surface area (Å²) >= 11 is 1.41. The van der Waals surface area contributed by atoms with Crippen molar-refractivity contribution >= 4 is 17.7 Å². The van der Waals surface area contributed by atoms with Gasteiger partial charge in [0.25, 0.3) is 0 Å². The van der Waals surface area contributed by atoms with Crippen molar-refractivity contribution in [2.24, 2.45) is 5.92 Å². The summed E-state index contributed by atoms with van der Waals surface area (Å²) in [5.41, 5.74) is 0.672. The van der Waals surface area contributed by atoms with Gasteiger partial charge in [-0.1, -0.05) is 48.5 Å². The lowest BCUT2D eigenvalue weighted by Crippen LogP contribution is -2.32. The van der Waals surface area contributed by atoms with E-state index in [1.165, 1.54) is 23.9 Å². The van der Waals surface area contributed by atoms with E-state index in [4.69, 9.17) is 0 Å². The second-order valence-electron chi connectivity index (χ2n) is 6.70. The van der Waals surface area contributed by atoms with E-state index in [1.54, 1.807) is 11.0 Å². The Morgan fingerprint density at radius 1 is 1.04 bits per heavy atom. The number of carbonyl (C=O) groups excluding carboxylic acids is 1. The normalized spacial score (nSPS) is 25.3. The molecule has 2 aromatic rings. The summed E-state index contributed by atoms with van der Waals surface area (Å²) < 4.78 is 40.1. The maximum atomic E-state index is 13.4. The first kappa shape index (κ1) is 17.5. The Kier molecular flexibility index (Phi) is 4.47.